The Morgan fingerprint density at radius 3 is 1.08 bits per heavy atom. The van der Waals surface area contributed by atoms with Crippen molar-refractivity contribution in [1.29, 1.82) is 0 Å². The Hall–Kier alpha value is -4.24. The van der Waals surface area contributed by atoms with Crippen LogP contribution in [-0.2, 0) is 76.3 Å². The van der Waals surface area contributed by atoms with Gasteiger partial charge in [-0.1, -0.05) is 90.4 Å². The second kappa shape index (κ2) is 41.8. The van der Waals surface area contributed by atoms with Gasteiger partial charge in [-0.2, -0.15) is 0 Å². The smallest absolute Gasteiger partial charge is 0.306 e. The zero-order chi connectivity index (χ0) is 47.7. The van der Waals surface area contributed by atoms with Crippen LogP contribution >= 0.6 is 0 Å². The zero-order valence-electron chi connectivity index (χ0n) is 39.9. The number of ether oxygens (including phenoxy) is 8. The van der Waals surface area contributed by atoms with Gasteiger partial charge in [0.15, 0.2) is 12.2 Å². The molecule has 0 bridgehead atoms. The van der Waals surface area contributed by atoms with Gasteiger partial charge in [-0.25, -0.2) is 0 Å². The number of esters is 8. The minimum atomic E-state index is -0.794. The largest absolute Gasteiger partial charge is 0.463 e. The normalized spacial score (nSPS) is 12.1. The molecule has 16 heteroatoms. The molecule has 63 heavy (non-hydrogen) atoms. The maximum Gasteiger partial charge on any atom is 0.306 e. The lowest BCUT2D eigenvalue weighted by molar-refractivity contribution is -0.165. The van der Waals surface area contributed by atoms with E-state index >= 15 is 0 Å². The van der Waals surface area contributed by atoms with Gasteiger partial charge < -0.3 is 37.9 Å². The number of unbranched alkanes of at least 4 members (excludes halogenated alkanes) is 15. The van der Waals surface area contributed by atoms with Crippen molar-refractivity contribution in [3.8, 4) is 0 Å². The summed E-state index contributed by atoms with van der Waals surface area (Å²) in [4.78, 5) is 89.8. The van der Waals surface area contributed by atoms with Crippen molar-refractivity contribution in [3.63, 3.8) is 0 Å². The molecule has 0 heterocycles. The first-order chi connectivity index (χ1) is 29.9. The van der Waals surface area contributed by atoms with E-state index in [2.05, 4.69) is 6.92 Å². The maximum absolute atomic E-state index is 11.9. The van der Waals surface area contributed by atoms with E-state index < -0.39 is 42.1 Å². The summed E-state index contributed by atoms with van der Waals surface area (Å²) in [5.74, 6) is -3.21. The highest BCUT2D eigenvalue weighted by atomic mass is 16.6. The van der Waals surface area contributed by atoms with Crippen LogP contribution in [0, 0.1) is 0 Å². The monoisotopic (exact) mass is 903 g/mol. The number of carbonyl (C=O) groups excluding carboxylic acids is 8. The van der Waals surface area contributed by atoms with Gasteiger partial charge in [0.05, 0.1) is 6.10 Å². The third-order valence-electron chi connectivity index (χ3n) is 9.46. The fourth-order valence-corrected chi connectivity index (χ4v) is 6.35. The maximum atomic E-state index is 11.9. The Balaban J connectivity index is 0. The first-order valence-electron chi connectivity index (χ1n) is 23.2. The average Bonchev–Trinajstić information content (AvgIpc) is 3.19. The van der Waals surface area contributed by atoms with Gasteiger partial charge in [-0.05, 0) is 58.3 Å². The number of carbonyl (C=O) groups is 8. The topological polar surface area (TPSA) is 210 Å². The molecule has 0 aromatic rings. The van der Waals surface area contributed by atoms with Crippen LogP contribution in [0.3, 0.4) is 0 Å². The van der Waals surface area contributed by atoms with E-state index in [0.29, 0.717) is 12.8 Å². The minimum absolute atomic E-state index is 0.0325. The second-order valence-corrected chi connectivity index (χ2v) is 16.0. The summed E-state index contributed by atoms with van der Waals surface area (Å²) in [5, 5.41) is 0. The number of hydrogen-bond acceptors (Lipinski definition) is 16. The summed E-state index contributed by atoms with van der Waals surface area (Å²) in [6.45, 7) is 11.5. The van der Waals surface area contributed by atoms with Gasteiger partial charge in [0.1, 0.15) is 32.5 Å². The minimum Gasteiger partial charge on any atom is -0.463 e. The van der Waals surface area contributed by atoms with Crippen LogP contribution in [0.15, 0.2) is 0 Å². The predicted octanol–water partition coefficient (Wildman–Crippen LogP) is 8.92. The molecule has 0 saturated heterocycles. The van der Waals surface area contributed by atoms with Crippen LogP contribution in [0.5, 0.6) is 0 Å². The summed E-state index contributed by atoms with van der Waals surface area (Å²) in [6.07, 6.45) is 20.7. The van der Waals surface area contributed by atoms with Gasteiger partial charge in [0.2, 0.25) is 0 Å². The van der Waals surface area contributed by atoms with Crippen LogP contribution in [0.1, 0.15) is 203 Å². The Morgan fingerprint density at radius 2 is 0.667 bits per heavy atom. The van der Waals surface area contributed by atoms with E-state index in [9.17, 15) is 38.4 Å². The van der Waals surface area contributed by atoms with E-state index in [-0.39, 0.29) is 63.0 Å². The third-order valence-corrected chi connectivity index (χ3v) is 9.46. The molecule has 0 saturated carbocycles. The second-order valence-electron chi connectivity index (χ2n) is 16.0. The summed E-state index contributed by atoms with van der Waals surface area (Å²) in [5.41, 5.74) is 0. The van der Waals surface area contributed by atoms with Crippen molar-refractivity contribution in [2.45, 2.75) is 227 Å². The Bertz CT molecular complexity index is 1250. The van der Waals surface area contributed by atoms with E-state index in [1.54, 1.807) is 0 Å². The molecule has 3 atom stereocenters. The van der Waals surface area contributed by atoms with Crippen LogP contribution in [0.4, 0.5) is 0 Å². The molecule has 0 fully saturated rings. The van der Waals surface area contributed by atoms with Crippen molar-refractivity contribution in [3.05, 3.63) is 0 Å². The Morgan fingerprint density at radius 1 is 0.333 bits per heavy atom. The molecule has 0 aromatic heterocycles. The van der Waals surface area contributed by atoms with Crippen molar-refractivity contribution >= 4 is 47.8 Å². The van der Waals surface area contributed by atoms with Crippen molar-refractivity contribution in [2.75, 3.05) is 26.4 Å². The van der Waals surface area contributed by atoms with Crippen LogP contribution < -0.4 is 0 Å². The van der Waals surface area contributed by atoms with Gasteiger partial charge >= 0.3 is 47.8 Å². The number of rotatable bonds is 37. The highest BCUT2D eigenvalue weighted by Gasteiger charge is 2.19. The molecular formula is C47H82O16. The van der Waals surface area contributed by atoms with Gasteiger partial charge in [0, 0.05) is 54.4 Å². The highest BCUT2D eigenvalue weighted by Crippen LogP contribution is 2.18. The first-order valence-corrected chi connectivity index (χ1v) is 23.2. The average molecular weight is 903 g/mol. The van der Waals surface area contributed by atoms with E-state index in [4.69, 9.17) is 37.9 Å². The third kappa shape index (κ3) is 47.1. The molecular weight excluding hydrogens is 821 g/mol. The molecule has 0 aromatic carbocycles. The fourth-order valence-electron chi connectivity index (χ4n) is 6.35. The molecule has 0 amide bonds. The molecule has 0 radical (unpaired) electrons. The Kier molecular flexibility index (Phi) is 40.3. The molecule has 3 unspecified atom stereocenters. The van der Waals surface area contributed by atoms with Crippen LogP contribution in [-0.4, -0.2) is 98.6 Å². The Labute approximate surface area is 377 Å². The van der Waals surface area contributed by atoms with E-state index in [1.165, 1.54) is 73.6 Å². The van der Waals surface area contributed by atoms with Crippen LogP contribution in [0.2, 0.25) is 0 Å². The van der Waals surface area contributed by atoms with E-state index in [1.807, 2.05) is 6.92 Å². The lowest BCUT2D eigenvalue weighted by atomic mass is 10.0. The molecule has 0 aliphatic carbocycles. The fraction of sp³-hybridized carbons (Fsp3) is 0.830. The van der Waals surface area contributed by atoms with E-state index in [0.717, 1.165) is 96.3 Å². The first kappa shape index (κ1) is 60.8. The predicted molar refractivity (Wildman–Crippen MR) is 235 cm³/mol. The quantitative estimate of drug-likeness (QED) is 0.0323. The van der Waals surface area contributed by atoms with Gasteiger partial charge in [-0.3, -0.25) is 38.4 Å². The molecule has 0 aliphatic rings. The van der Waals surface area contributed by atoms with Crippen molar-refractivity contribution in [2.24, 2.45) is 0 Å². The molecule has 0 spiro atoms. The molecule has 0 N–H and O–H groups in total. The summed E-state index contributed by atoms with van der Waals surface area (Å²) in [7, 11) is 0. The summed E-state index contributed by atoms with van der Waals surface area (Å²) >= 11 is 0. The number of hydrogen-bond donors (Lipinski definition) is 0. The van der Waals surface area contributed by atoms with Gasteiger partial charge in [-0.15, -0.1) is 0 Å². The molecule has 0 rings (SSSR count). The molecule has 0 aliphatic heterocycles. The summed E-state index contributed by atoms with van der Waals surface area (Å²) < 4.78 is 40.4. The zero-order valence-corrected chi connectivity index (χ0v) is 39.9. The standard InChI is InChI=1S/C27H48O8.C20H34O8/c1-5-6-7-8-11-14-17-25(34-23(3)29)18-15-12-9-10-13-16-19-27(31)33-21-26(35-24(4)30)20-32-22(2)28;1-15(27-18(4)23)11-9-7-5-6-8-10-12-20(24)28-19(13-25-16(2)21)14-26-17(3)22/h25-26H,5-21H2,1-4H3;15,19H,5-14H2,1-4H3. The lowest BCUT2D eigenvalue weighted by Gasteiger charge is -2.17. The van der Waals surface area contributed by atoms with Gasteiger partial charge in [0.25, 0.3) is 0 Å². The SMILES string of the molecule is CC(=O)OCC(COC(C)=O)OC(=O)CCCCCCCCC(C)OC(C)=O.CCCCCCCCC(CCCCCCCCC(=O)OCC(COC(C)=O)OC(C)=O)OC(C)=O. The summed E-state index contributed by atoms with van der Waals surface area (Å²) in [6, 6.07) is 0. The molecule has 16 nitrogen and oxygen atoms in total. The van der Waals surface area contributed by atoms with Crippen LogP contribution in [0.25, 0.3) is 0 Å². The van der Waals surface area contributed by atoms with Crippen molar-refractivity contribution < 1.29 is 76.3 Å². The lowest BCUT2D eigenvalue weighted by Crippen LogP contribution is -2.30. The van der Waals surface area contributed by atoms with Crippen molar-refractivity contribution in [1.82, 2.24) is 0 Å². The highest BCUT2D eigenvalue weighted by molar-refractivity contribution is 5.70. The molecule has 366 valence electrons.